The summed E-state index contributed by atoms with van der Waals surface area (Å²) in [5, 5.41) is 0. The van der Waals surface area contributed by atoms with Gasteiger partial charge in [0.2, 0.25) is 5.91 Å². The lowest BCUT2D eigenvalue weighted by Gasteiger charge is -2.14. The Kier molecular flexibility index (Phi) is 3.71. The van der Waals surface area contributed by atoms with E-state index in [1.54, 1.807) is 11.9 Å². The number of hydrogen-bond donors (Lipinski definition) is 1. The Bertz CT molecular complexity index is 307. The predicted molar refractivity (Wildman–Crippen MR) is 53.6 cm³/mol. The monoisotopic (exact) mass is 196 g/mol. The Balaban J connectivity index is 2.48. The summed E-state index contributed by atoms with van der Waals surface area (Å²) in [7, 11) is 1.75. The van der Waals surface area contributed by atoms with Crippen LogP contribution in [0.5, 0.6) is 0 Å². The molecule has 0 spiro atoms. The SMILES string of the molecule is Cc1ccc(CN(C)C(=O)CCN)o1. The minimum absolute atomic E-state index is 0.0431. The van der Waals surface area contributed by atoms with Crippen molar-refractivity contribution in [2.24, 2.45) is 5.73 Å². The zero-order chi connectivity index (χ0) is 10.6. The summed E-state index contributed by atoms with van der Waals surface area (Å²) in [6, 6.07) is 3.76. The van der Waals surface area contributed by atoms with E-state index in [1.165, 1.54) is 0 Å². The number of rotatable bonds is 4. The summed E-state index contributed by atoms with van der Waals surface area (Å²) in [6.07, 6.45) is 0.385. The van der Waals surface area contributed by atoms with Crippen LogP contribution in [0.4, 0.5) is 0 Å². The first-order valence-corrected chi connectivity index (χ1v) is 4.63. The normalized spacial score (nSPS) is 10.2. The molecule has 0 unspecified atom stereocenters. The van der Waals surface area contributed by atoms with Crippen LogP contribution in [-0.4, -0.2) is 24.4 Å². The van der Waals surface area contributed by atoms with Crippen molar-refractivity contribution in [2.75, 3.05) is 13.6 Å². The van der Waals surface area contributed by atoms with E-state index in [9.17, 15) is 4.79 Å². The van der Waals surface area contributed by atoms with Crippen molar-refractivity contribution >= 4 is 5.91 Å². The van der Waals surface area contributed by atoms with Gasteiger partial charge in [-0.1, -0.05) is 0 Å². The van der Waals surface area contributed by atoms with Gasteiger partial charge in [0.1, 0.15) is 11.5 Å². The smallest absolute Gasteiger partial charge is 0.223 e. The minimum atomic E-state index is 0.0431. The largest absolute Gasteiger partial charge is 0.464 e. The van der Waals surface area contributed by atoms with Crippen LogP contribution in [0.2, 0.25) is 0 Å². The molecule has 0 radical (unpaired) electrons. The van der Waals surface area contributed by atoms with E-state index in [2.05, 4.69) is 0 Å². The molecule has 0 aliphatic heterocycles. The summed E-state index contributed by atoms with van der Waals surface area (Å²) < 4.78 is 5.36. The molecule has 2 N–H and O–H groups in total. The molecule has 1 heterocycles. The summed E-state index contributed by atoms with van der Waals surface area (Å²) in [5.74, 6) is 1.71. The van der Waals surface area contributed by atoms with Crippen LogP contribution >= 0.6 is 0 Å². The van der Waals surface area contributed by atoms with E-state index in [0.29, 0.717) is 19.5 Å². The lowest BCUT2D eigenvalue weighted by Crippen LogP contribution is -2.27. The fraction of sp³-hybridized carbons (Fsp3) is 0.500. The van der Waals surface area contributed by atoms with Crippen LogP contribution in [0.1, 0.15) is 17.9 Å². The number of carbonyl (C=O) groups is 1. The van der Waals surface area contributed by atoms with Crippen LogP contribution in [0, 0.1) is 6.92 Å². The molecule has 0 saturated heterocycles. The van der Waals surface area contributed by atoms with Crippen molar-refractivity contribution in [3.8, 4) is 0 Å². The lowest BCUT2D eigenvalue weighted by molar-refractivity contribution is -0.130. The zero-order valence-corrected chi connectivity index (χ0v) is 8.62. The fourth-order valence-corrected chi connectivity index (χ4v) is 1.21. The predicted octanol–water partition coefficient (Wildman–Crippen LogP) is 0.895. The van der Waals surface area contributed by atoms with E-state index in [4.69, 9.17) is 10.2 Å². The number of aryl methyl sites for hydroxylation is 1. The summed E-state index contributed by atoms with van der Waals surface area (Å²) in [4.78, 5) is 13.0. The van der Waals surface area contributed by atoms with E-state index in [1.807, 2.05) is 19.1 Å². The molecule has 0 atom stereocenters. The molecule has 0 bridgehead atoms. The second-order valence-corrected chi connectivity index (χ2v) is 3.30. The Labute approximate surface area is 83.7 Å². The van der Waals surface area contributed by atoms with Crippen molar-refractivity contribution in [3.63, 3.8) is 0 Å². The number of nitrogens with zero attached hydrogens (tertiary/aromatic N) is 1. The van der Waals surface area contributed by atoms with Gasteiger partial charge in [0.15, 0.2) is 0 Å². The van der Waals surface area contributed by atoms with Gasteiger partial charge in [-0.05, 0) is 19.1 Å². The standard InChI is InChI=1S/C10H16N2O2/c1-8-3-4-9(14-8)7-12(2)10(13)5-6-11/h3-4H,5-7,11H2,1-2H3. The maximum Gasteiger partial charge on any atom is 0.223 e. The van der Waals surface area contributed by atoms with Crippen molar-refractivity contribution in [2.45, 2.75) is 19.9 Å². The molecule has 4 heteroatoms. The number of carbonyl (C=O) groups excluding carboxylic acids is 1. The van der Waals surface area contributed by atoms with Gasteiger partial charge >= 0.3 is 0 Å². The third-order valence-corrected chi connectivity index (χ3v) is 1.97. The van der Waals surface area contributed by atoms with Crippen LogP contribution in [0.15, 0.2) is 16.5 Å². The molecule has 0 aliphatic rings. The fourth-order valence-electron chi connectivity index (χ4n) is 1.21. The highest BCUT2D eigenvalue weighted by Gasteiger charge is 2.09. The summed E-state index contributed by atoms with van der Waals surface area (Å²) in [6.45, 7) is 2.78. The molecule has 4 nitrogen and oxygen atoms in total. The van der Waals surface area contributed by atoms with Crippen molar-refractivity contribution in [3.05, 3.63) is 23.7 Å². The first kappa shape index (κ1) is 10.8. The second-order valence-electron chi connectivity index (χ2n) is 3.30. The topological polar surface area (TPSA) is 59.5 Å². The molecule has 14 heavy (non-hydrogen) atoms. The molecule has 0 aromatic carbocycles. The van der Waals surface area contributed by atoms with Gasteiger partial charge in [0, 0.05) is 20.0 Å². The van der Waals surface area contributed by atoms with Gasteiger partial charge in [-0.15, -0.1) is 0 Å². The van der Waals surface area contributed by atoms with Gasteiger partial charge < -0.3 is 15.1 Å². The van der Waals surface area contributed by atoms with Gasteiger partial charge in [-0.3, -0.25) is 4.79 Å². The van der Waals surface area contributed by atoms with E-state index < -0.39 is 0 Å². The number of amides is 1. The molecule has 1 aromatic rings. The number of furan rings is 1. The zero-order valence-electron chi connectivity index (χ0n) is 8.62. The Morgan fingerprint density at radius 3 is 2.79 bits per heavy atom. The maximum absolute atomic E-state index is 11.4. The molecule has 0 aliphatic carbocycles. The number of nitrogens with two attached hydrogens (primary N) is 1. The molecule has 0 fully saturated rings. The highest BCUT2D eigenvalue weighted by Crippen LogP contribution is 2.08. The quantitative estimate of drug-likeness (QED) is 0.778. The van der Waals surface area contributed by atoms with Crippen LogP contribution < -0.4 is 5.73 Å². The molecule has 78 valence electrons. The second kappa shape index (κ2) is 4.81. The first-order valence-electron chi connectivity index (χ1n) is 4.63. The van der Waals surface area contributed by atoms with Gasteiger partial charge in [-0.25, -0.2) is 0 Å². The Morgan fingerprint density at radius 2 is 2.29 bits per heavy atom. The summed E-state index contributed by atoms with van der Waals surface area (Å²) >= 11 is 0. The lowest BCUT2D eigenvalue weighted by atomic mass is 10.3. The van der Waals surface area contributed by atoms with Crippen LogP contribution in [0.25, 0.3) is 0 Å². The van der Waals surface area contributed by atoms with Crippen LogP contribution in [0.3, 0.4) is 0 Å². The van der Waals surface area contributed by atoms with Crippen molar-refractivity contribution in [1.82, 2.24) is 4.90 Å². The van der Waals surface area contributed by atoms with Gasteiger partial charge in [0.25, 0.3) is 0 Å². The van der Waals surface area contributed by atoms with E-state index >= 15 is 0 Å². The average Bonchev–Trinajstić information content (AvgIpc) is 2.51. The molecular formula is C10H16N2O2. The first-order chi connectivity index (χ1) is 6.63. The van der Waals surface area contributed by atoms with E-state index in [-0.39, 0.29) is 5.91 Å². The molecule has 1 rings (SSSR count). The molecule has 0 saturated carbocycles. The highest BCUT2D eigenvalue weighted by molar-refractivity contribution is 5.75. The van der Waals surface area contributed by atoms with Crippen molar-refractivity contribution in [1.29, 1.82) is 0 Å². The molecule has 1 amide bonds. The van der Waals surface area contributed by atoms with Crippen molar-refractivity contribution < 1.29 is 9.21 Å². The minimum Gasteiger partial charge on any atom is -0.464 e. The Morgan fingerprint density at radius 1 is 1.57 bits per heavy atom. The molecular weight excluding hydrogens is 180 g/mol. The highest BCUT2D eigenvalue weighted by atomic mass is 16.3. The van der Waals surface area contributed by atoms with Gasteiger partial charge in [-0.2, -0.15) is 0 Å². The van der Waals surface area contributed by atoms with E-state index in [0.717, 1.165) is 11.5 Å². The molecule has 1 aromatic heterocycles. The number of hydrogen-bond acceptors (Lipinski definition) is 3. The maximum atomic E-state index is 11.4. The Hall–Kier alpha value is -1.29. The van der Waals surface area contributed by atoms with Crippen LogP contribution in [-0.2, 0) is 11.3 Å². The van der Waals surface area contributed by atoms with Gasteiger partial charge in [0.05, 0.1) is 6.54 Å². The third kappa shape index (κ3) is 2.88. The summed E-state index contributed by atoms with van der Waals surface area (Å²) in [5.41, 5.74) is 5.29. The average molecular weight is 196 g/mol. The third-order valence-electron chi connectivity index (χ3n) is 1.97.